The molecule has 0 bridgehead atoms. The van der Waals surface area contributed by atoms with Crippen LogP contribution in [0.3, 0.4) is 0 Å². The number of allylic oxidation sites excluding steroid dienone is 2. The number of carbonyl (C=O) groups excluding carboxylic acids is 2. The molecule has 8 heteroatoms. The molecule has 0 fully saturated rings. The van der Waals surface area contributed by atoms with E-state index in [1.165, 1.54) is 11.3 Å². The molecule has 1 aliphatic heterocycles. The molecule has 0 saturated carbocycles. The third-order valence-corrected chi connectivity index (χ3v) is 7.50. The Morgan fingerprint density at radius 3 is 3.00 bits per heavy atom. The molecule has 26 heavy (non-hydrogen) atoms. The molecule has 0 radical (unpaired) electrons. The summed E-state index contributed by atoms with van der Waals surface area (Å²) in [6.45, 7) is 3.71. The Kier molecular flexibility index (Phi) is 5.06. The molecule has 2 aromatic heterocycles. The minimum Gasteiger partial charge on any atom is -0.294 e. The molecule has 5 nitrogen and oxygen atoms in total. The Morgan fingerprint density at radius 2 is 2.23 bits per heavy atom. The second-order valence-corrected chi connectivity index (χ2v) is 9.29. The van der Waals surface area contributed by atoms with Gasteiger partial charge in [0.05, 0.1) is 0 Å². The number of ketones is 1. The molecule has 4 rings (SSSR count). The van der Waals surface area contributed by atoms with E-state index < -0.39 is 0 Å². The first-order chi connectivity index (χ1) is 12.7. The van der Waals surface area contributed by atoms with Crippen LogP contribution in [0.25, 0.3) is 0 Å². The number of thioether (sulfide) groups is 1. The number of amides is 1. The lowest BCUT2D eigenvalue weighted by molar-refractivity contribution is -0.119. The van der Waals surface area contributed by atoms with E-state index in [1.807, 2.05) is 23.6 Å². The Bertz CT molecular complexity index is 885. The van der Waals surface area contributed by atoms with Crippen LogP contribution in [-0.2, 0) is 9.59 Å². The van der Waals surface area contributed by atoms with Gasteiger partial charge < -0.3 is 0 Å². The molecule has 2 aromatic rings. The lowest BCUT2D eigenvalue weighted by Gasteiger charge is -2.36. The van der Waals surface area contributed by atoms with Crippen LogP contribution < -0.4 is 4.90 Å². The number of hydrogen-bond donors (Lipinski definition) is 0. The summed E-state index contributed by atoms with van der Waals surface area (Å²) >= 11 is 4.54. The van der Waals surface area contributed by atoms with Gasteiger partial charge >= 0.3 is 0 Å². The Labute approximate surface area is 163 Å². The Hall–Kier alpha value is -1.77. The van der Waals surface area contributed by atoms with Crippen molar-refractivity contribution in [2.45, 2.75) is 35.9 Å². The van der Waals surface area contributed by atoms with E-state index in [1.54, 1.807) is 28.0 Å². The molecule has 0 N–H and O–H groups in total. The van der Waals surface area contributed by atoms with Gasteiger partial charge in [0.1, 0.15) is 0 Å². The smallest absolute Gasteiger partial charge is 0.234 e. The molecule has 134 valence electrons. The lowest BCUT2D eigenvalue weighted by Crippen LogP contribution is -2.40. The number of rotatable bonds is 5. The minimum absolute atomic E-state index is 0.00623. The number of thiophene rings is 1. The number of carbonyl (C=O) groups is 2. The predicted octanol–water partition coefficient (Wildman–Crippen LogP) is 4.41. The van der Waals surface area contributed by atoms with Gasteiger partial charge in [0, 0.05) is 40.7 Å². The summed E-state index contributed by atoms with van der Waals surface area (Å²) in [6.07, 6.45) is 4.17. The van der Waals surface area contributed by atoms with Gasteiger partial charge in [-0.1, -0.05) is 35.2 Å². The maximum absolute atomic E-state index is 13.0. The first-order valence-corrected chi connectivity index (χ1v) is 11.1. The number of Topliss-reactive ketones (excluding diaryl/α,β-unsaturated/α-hetero) is 1. The van der Waals surface area contributed by atoms with E-state index in [4.69, 9.17) is 0 Å². The zero-order chi connectivity index (χ0) is 18.1. The highest BCUT2D eigenvalue weighted by Gasteiger charge is 2.41. The van der Waals surface area contributed by atoms with Crippen LogP contribution in [0.15, 0.2) is 45.8 Å². The van der Waals surface area contributed by atoms with Gasteiger partial charge in [-0.25, -0.2) is 0 Å². The van der Waals surface area contributed by atoms with Crippen LogP contribution in [0, 0.1) is 0 Å². The molecule has 1 amide bonds. The molecule has 0 aromatic carbocycles. The molecule has 0 spiro atoms. The Morgan fingerprint density at radius 1 is 1.35 bits per heavy atom. The summed E-state index contributed by atoms with van der Waals surface area (Å²) in [5.41, 5.74) is 1.63. The van der Waals surface area contributed by atoms with E-state index in [0.717, 1.165) is 39.1 Å². The average molecular weight is 404 g/mol. The van der Waals surface area contributed by atoms with Crippen LogP contribution in [0.5, 0.6) is 0 Å². The fraction of sp³-hybridized carbons (Fsp3) is 0.333. The molecule has 3 heterocycles. The number of aromatic nitrogens is 2. The van der Waals surface area contributed by atoms with Crippen LogP contribution in [0.4, 0.5) is 5.13 Å². The fourth-order valence-corrected chi connectivity index (χ4v) is 5.91. The van der Waals surface area contributed by atoms with E-state index >= 15 is 0 Å². The summed E-state index contributed by atoms with van der Waals surface area (Å²) in [5, 5.41) is 11.0. The third-order valence-electron chi connectivity index (χ3n) is 4.47. The van der Waals surface area contributed by atoms with Gasteiger partial charge in [-0.3, -0.25) is 14.5 Å². The van der Waals surface area contributed by atoms with Crippen molar-refractivity contribution in [1.29, 1.82) is 0 Å². The number of nitrogens with zero attached hydrogens (tertiary/aromatic N) is 3. The van der Waals surface area contributed by atoms with Gasteiger partial charge in [0.25, 0.3) is 0 Å². The first kappa shape index (κ1) is 17.6. The quantitative estimate of drug-likeness (QED) is 0.420. The largest absolute Gasteiger partial charge is 0.294 e. The van der Waals surface area contributed by atoms with E-state index in [-0.39, 0.29) is 17.6 Å². The average Bonchev–Trinajstić information content (AvgIpc) is 3.31. The van der Waals surface area contributed by atoms with E-state index in [0.29, 0.717) is 18.0 Å². The summed E-state index contributed by atoms with van der Waals surface area (Å²) in [4.78, 5) is 28.4. The SMILES string of the molecule is C=CCSc1nnc(N2C(=O)CC(c3cccs3)C3=C2CCCC3=O)s1. The number of anilines is 1. The van der Waals surface area contributed by atoms with E-state index in [9.17, 15) is 9.59 Å². The molecule has 1 unspecified atom stereocenters. The van der Waals surface area contributed by atoms with Gasteiger partial charge in [-0.15, -0.1) is 28.1 Å². The highest BCUT2D eigenvalue weighted by atomic mass is 32.2. The van der Waals surface area contributed by atoms with Crippen LogP contribution in [0.2, 0.25) is 0 Å². The second kappa shape index (κ2) is 7.46. The topological polar surface area (TPSA) is 63.2 Å². The van der Waals surface area contributed by atoms with E-state index in [2.05, 4.69) is 16.8 Å². The maximum Gasteiger partial charge on any atom is 0.234 e. The molecular weight excluding hydrogens is 386 g/mol. The molecule has 1 atom stereocenters. The van der Waals surface area contributed by atoms with Crippen molar-refractivity contribution in [3.05, 3.63) is 46.3 Å². The van der Waals surface area contributed by atoms with Crippen molar-refractivity contribution < 1.29 is 9.59 Å². The van der Waals surface area contributed by atoms with Crippen molar-refractivity contribution in [2.24, 2.45) is 0 Å². The zero-order valence-electron chi connectivity index (χ0n) is 14.0. The molecule has 1 aliphatic carbocycles. The minimum atomic E-state index is -0.121. The first-order valence-electron chi connectivity index (χ1n) is 8.39. The second-order valence-electron chi connectivity index (χ2n) is 6.09. The summed E-state index contributed by atoms with van der Waals surface area (Å²) in [6, 6.07) is 3.98. The van der Waals surface area contributed by atoms with Gasteiger partial charge in [0.15, 0.2) is 10.1 Å². The monoisotopic (exact) mass is 403 g/mol. The standard InChI is InChI=1S/C18H17N3O2S3/c1-2-8-25-18-20-19-17(26-18)21-12-5-3-6-13(22)16(12)11(10-15(21)23)14-7-4-9-24-14/h2,4,7,9,11H,1,3,5-6,8,10H2. The van der Waals surface area contributed by atoms with Crippen molar-refractivity contribution in [3.63, 3.8) is 0 Å². The zero-order valence-corrected chi connectivity index (χ0v) is 16.5. The van der Waals surface area contributed by atoms with Crippen molar-refractivity contribution in [3.8, 4) is 0 Å². The molecule has 0 saturated heterocycles. The van der Waals surface area contributed by atoms with Gasteiger partial charge in [-0.05, 0) is 24.3 Å². The van der Waals surface area contributed by atoms with Crippen molar-refractivity contribution in [1.82, 2.24) is 10.2 Å². The summed E-state index contributed by atoms with van der Waals surface area (Å²) in [5.74, 6) is 0.778. The van der Waals surface area contributed by atoms with Crippen LogP contribution in [0.1, 0.15) is 36.5 Å². The van der Waals surface area contributed by atoms with Crippen LogP contribution >= 0.6 is 34.4 Å². The Balaban J connectivity index is 1.75. The summed E-state index contributed by atoms with van der Waals surface area (Å²) < 4.78 is 0.803. The normalized spacial score (nSPS) is 20.5. The highest BCUT2D eigenvalue weighted by molar-refractivity contribution is 8.01. The van der Waals surface area contributed by atoms with Gasteiger partial charge in [0.2, 0.25) is 11.0 Å². The molecule has 2 aliphatic rings. The lowest BCUT2D eigenvalue weighted by atomic mass is 9.80. The summed E-state index contributed by atoms with van der Waals surface area (Å²) in [7, 11) is 0. The van der Waals surface area contributed by atoms with Crippen LogP contribution in [-0.4, -0.2) is 27.6 Å². The maximum atomic E-state index is 13.0. The van der Waals surface area contributed by atoms with Crippen molar-refractivity contribution in [2.75, 3.05) is 10.7 Å². The highest BCUT2D eigenvalue weighted by Crippen LogP contribution is 2.45. The predicted molar refractivity (Wildman–Crippen MR) is 106 cm³/mol. The van der Waals surface area contributed by atoms with Gasteiger partial charge in [-0.2, -0.15) is 0 Å². The third kappa shape index (κ3) is 3.17. The molecular formula is C18H17N3O2S3. The fourth-order valence-electron chi connectivity index (χ4n) is 3.43. The van der Waals surface area contributed by atoms with Crippen molar-refractivity contribution >= 4 is 51.3 Å². The number of hydrogen-bond acceptors (Lipinski definition) is 7.